The van der Waals surface area contributed by atoms with Crippen molar-refractivity contribution >= 4 is 27.6 Å². The topological polar surface area (TPSA) is 256 Å². The molecule has 8 unspecified atom stereocenters. The van der Waals surface area contributed by atoms with Crippen molar-refractivity contribution in [3.8, 4) is 0 Å². The maximum atomic E-state index is 13.0. The Labute approximate surface area is 388 Å². The zero-order chi connectivity index (χ0) is 48.2. The summed E-state index contributed by atoms with van der Waals surface area (Å²) in [4.78, 5) is 54.2. The Kier molecular flexibility index (Phi) is 35.2. The number of aliphatic hydroxyl groups excluding tert-OH is 4. The van der Waals surface area contributed by atoms with Gasteiger partial charge in [0.15, 0.2) is 6.10 Å². The quantitative estimate of drug-likeness (QED) is 0.0131. The summed E-state index contributed by atoms with van der Waals surface area (Å²) < 4.78 is 49.3. The van der Waals surface area contributed by atoms with E-state index in [0.717, 1.165) is 64.2 Å². The summed E-state index contributed by atoms with van der Waals surface area (Å²) in [5.41, 5.74) is 0. The smallest absolute Gasteiger partial charge is 0.462 e. The Hall–Kier alpha value is -2.30. The number of esters is 2. The highest BCUT2D eigenvalue weighted by atomic mass is 31.2. The lowest BCUT2D eigenvalue weighted by molar-refractivity contribution is -0.216. The molecule has 1 fully saturated rings. The van der Waals surface area contributed by atoms with Gasteiger partial charge in [0.1, 0.15) is 43.2 Å². The van der Waals surface area contributed by atoms with Crippen molar-refractivity contribution in [3.63, 3.8) is 0 Å². The fourth-order valence-corrected chi connectivity index (χ4v) is 8.37. The number of carbonyl (C=O) groups is 2. The maximum Gasteiger partial charge on any atom is 0.472 e. The molecule has 1 aliphatic rings. The van der Waals surface area contributed by atoms with E-state index in [1.165, 1.54) is 57.8 Å². The van der Waals surface area contributed by atoms with Crippen LogP contribution in [0.3, 0.4) is 0 Å². The summed E-state index contributed by atoms with van der Waals surface area (Å²) in [6.45, 7) is 3.02. The van der Waals surface area contributed by atoms with Crippen LogP contribution in [0, 0.1) is 0 Å². The molecule has 0 heterocycles. The zero-order valence-electron chi connectivity index (χ0n) is 38.9. The van der Waals surface area contributed by atoms with Gasteiger partial charge in [-0.25, -0.2) is 9.13 Å². The highest BCUT2D eigenvalue weighted by Gasteiger charge is 2.54. The normalized spacial score (nSPS) is 22.2. The minimum absolute atomic E-state index is 0.0328. The third kappa shape index (κ3) is 32.2. The lowest BCUT2D eigenvalue weighted by Gasteiger charge is -2.43. The van der Waals surface area contributed by atoms with Crippen LogP contribution in [0.2, 0.25) is 0 Å². The average molecular weight is 965 g/mol. The lowest BCUT2D eigenvalue weighted by Crippen LogP contribution is -2.64. The van der Waals surface area contributed by atoms with Crippen LogP contribution in [-0.4, -0.2) is 103 Å². The highest BCUT2D eigenvalue weighted by Crippen LogP contribution is 2.49. The molecule has 0 aromatic heterocycles. The van der Waals surface area contributed by atoms with E-state index >= 15 is 0 Å². The van der Waals surface area contributed by atoms with E-state index in [9.17, 15) is 53.8 Å². The van der Waals surface area contributed by atoms with Crippen molar-refractivity contribution in [2.45, 2.75) is 211 Å². The summed E-state index contributed by atoms with van der Waals surface area (Å²) in [5, 5.41) is 41.2. The zero-order valence-corrected chi connectivity index (χ0v) is 40.7. The number of allylic oxidation sites excluding steroid dienone is 10. The second-order valence-corrected chi connectivity index (χ2v) is 19.1. The highest BCUT2D eigenvalue weighted by molar-refractivity contribution is 7.47. The van der Waals surface area contributed by atoms with E-state index in [0.29, 0.717) is 19.3 Å². The first-order chi connectivity index (χ1) is 31.1. The van der Waals surface area contributed by atoms with Gasteiger partial charge >= 0.3 is 27.6 Å². The van der Waals surface area contributed by atoms with Crippen LogP contribution in [0.5, 0.6) is 0 Å². The van der Waals surface area contributed by atoms with Gasteiger partial charge < -0.3 is 44.6 Å². The summed E-state index contributed by atoms with van der Waals surface area (Å²) >= 11 is 0. The van der Waals surface area contributed by atoms with E-state index in [-0.39, 0.29) is 12.8 Å². The van der Waals surface area contributed by atoms with Crippen molar-refractivity contribution in [1.29, 1.82) is 0 Å². The SMILES string of the molecule is CCCCCC=CCC=CCCCCCCCC(=O)OCC(COP(=O)(O)OC1C(O)C(O)C(O)C(OP(=O)(O)O)C1O)OC(=O)CCCC=CCC=CCC=CCCCCCCCC. The van der Waals surface area contributed by atoms with Crippen molar-refractivity contribution < 1.29 is 76.9 Å². The molecule has 376 valence electrons. The van der Waals surface area contributed by atoms with Crippen molar-refractivity contribution in [3.05, 3.63) is 60.8 Å². The van der Waals surface area contributed by atoms with Gasteiger partial charge in [-0.1, -0.05) is 139 Å². The predicted molar refractivity (Wildman–Crippen MR) is 250 cm³/mol. The molecule has 0 amide bonds. The second kappa shape index (κ2) is 37.7. The molecule has 0 spiro atoms. The number of rotatable bonds is 39. The maximum absolute atomic E-state index is 13.0. The van der Waals surface area contributed by atoms with Crippen LogP contribution in [0.4, 0.5) is 0 Å². The molecule has 0 bridgehead atoms. The van der Waals surface area contributed by atoms with E-state index in [4.69, 9.17) is 18.5 Å². The molecule has 18 heteroatoms. The number of hydrogen-bond acceptors (Lipinski definition) is 13. The van der Waals surface area contributed by atoms with Gasteiger partial charge in [-0.05, 0) is 77.0 Å². The molecular weight excluding hydrogens is 882 g/mol. The van der Waals surface area contributed by atoms with Gasteiger partial charge in [0.25, 0.3) is 0 Å². The van der Waals surface area contributed by atoms with Gasteiger partial charge in [0.2, 0.25) is 0 Å². The lowest BCUT2D eigenvalue weighted by atomic mass is 9.85. The van der Waals surface area contributed by atoms with Crippen LogP contribution >= 0.6 is 15.6 Å². The Morgan fingerprint density at radius 3 is 1.43 bits per heavy atom. The first-order valence-electron chi connectivity index (χ1n) is 23.8. The van der Waals surface area contributed by atoms with Crippen LogP contribution in [0.1, 0.15) is 168 Å². The molecule has 8 atom stereocenters. The first kappa shape index (κ1) is 60.7. The standard InChI is InChI=1S/C47H82O16P2/c1-3-5-7-9-11-13-15-17-19-20-22-24-26-28-30-32-34-36-41(49)61-39(37-59-40(48)35-33-31-29-27-25-23-21-18-16-14-12-10-8-6-4-2)38-60-65(57,58)63-47-44(52)42(50)43(51)46(45(47)53)62-64(54,55)56/h12,14,17-19,21-22,24,28,30,39,42-47,50-53H,3-11,13,15-16,20,23,25-27,29,31-38H2,1-2H3,(H,57,58)(H2,54,55,56). The van der Waals surface area contributed by atoms with E-state index < -0.39 is 83.5 Å². The molecule has 0 saturated heterocycles. The number of phosphoric ester groups is 2. The molecule has 1 saturated carbocycles. The van der Waals surface area contributed by atoms with Gasteiger partial charge in [0, 0.05) is 12.8 Å². The number of aliphatic hydroxyl groups is 4. The summed E-state index contributed by atoms with van der Waals surface area (Å²) in [6.07, 6.45) is 29.0. The number of phosphoric acid groups is 2. The molecule has 0 aliphatic heterocycles. The van der Waals surface area contributed by atoms with E-state index in [1.807, 2.05) is 12.2 Å². The fourth-order valence-electron chi connectivity index (χ4n) is 6.84. The van der Waals surface area contributed by atoms with Gasteiger partial charge in [-0.15, -0.1) is 0 Å². The Morgan fingerprint density at radius 1 is 0.492 bits per heavy atom. The fraction of sp³-hybridized carbons (Fsp3) is 0.745. The number of unbranched alkanes of at least 4 members (excludes halogenated alkanes) is 15. The van der Waals surface area contributed by atoms with Crippen LogP contribution < -0.4 is 0 Å². The monoisotopic (exact) mass is 965 g/mol. The molecule has 65 heavy (non-hydrogen) atoms. The number of hydrogen-bond donors (Lipinski definition) is 7. The number of ether oxygens (including phenoxy) is 2. The Bertz CT molecular complexity index is 1490. The minimum Gasteiger partial charge on any atom is -0.462 e. The number of carbonyl (C=O) groups excluding carboxylic acids is 2. The Balaban J connectivity index is 2.65. The van der Waals surface area contributed by atoms with E-state index in [2.05, 4.69) is 67.0 Å². The summed E-state index contributed by atoms with van der Waals surface area (Å²) in [6, 6.07) is 0. The first-order valence-corrected chi connectivity index (χ1v) is 26.9. The molecule has 16 nitrogen and oxygen atoms in total. The van der Waals surface area contributed by atoms with Gasteiger partial charge in [0.05, 0.1) is 6.61 Å². The summed E-state index contributed by atoms with van der Waals surface area (Å²) in [5.74, 6) is -1.29. The molecule has 7 N–H and O–H groups in total. The van der Waals surface area contributed by atoms with Crippen molar-refractivity contribution in [1.82, 2.24) is 0 Å². The molecule has 0 radical (unpaired) electrons. The van der Waals surface area contributed by atoms with Crippen LogP contribution in [-0.2, 0) is 41.8 Å². The molecular formula is C47H82O16P2. The molecule has 1 aliphatic carbocycles. The molecule has 0 aromatic rings. The van der Waals surface area contributed by atoms with Crippen molar-refractivity contribution in [2.24, 2.45) is 0 Å². The third-order valence-corrected chi connectivity index (χ3v) is 12.1. The molecule has 1 rings (SSSR count). The molecule has 0 aromatic carbocycles. The average Bonchev–Trinajstić information content (AvgIpc) is 3.26. The van der Waals surface area contributed by atoms with Crippen molar-refractivity contribution in [2.75, 3.05) is 13.2 Å². The third-order valence-electron chi connectivity index (χ3n) is 10.6. The van der Waals surface area contributed by atoms with E-state index in [1.54, 1.807) is 0 Å². The Morgan fingerprint density at radius 2 is 0.908 bits per heavy atom. The minimum atomic E-state index is -5.37. The van der Waals surface area contributed by atoms with Crippen LogP contribution in [0.25, 0.3) is 0 Å². The van der Waals surface area contributed by atoms with Gasteiger partial charge in [-0.3, -0.25) is 23.2 Å². The van der Waals surface area contributed by atoms with Gasteiger partial charge in [-0.2, -0.15) is 0 Å². The summed E-state index contributed by atoms with van der Waals surface area (Å²) in [7, 11) is -10.7. The largest absolute Gasteiger partial charge is 0.472 e. The second-order valence-electron chi connectivity index (χ2n) is 16.5. The predicted octanol–water partition coefficient (Wildman–Crippen LogP) is 9.06. The van der Waals surface area contributed by atoms with Crippen LogP contribution in [0.15, 0.2) is 60.8 Å².